The molecular weight excluding hydrogens is 436 g/mol. The van der Waals surface area contributed by atoms with Crippen LogP contribution in [0.1, 0.15) is 38.8 Å². The van der Waals surface area contributed by atoms with E-state index in [1.807, 2.05) is 13.8 Å². The monoisotopic (exact) mass is 456 g/mol. The maximum atomic E-state index is 13.3. The number of aliphatic hydroxyl groups is 1. The summed E-state index contributed by atoms with van der Waals surface area (Å²) in [6.45, 7) is 5.85. The van der Waals surface area contributed by atoms with Crippen LogP contribution < -0.4 is 9.64 Å². The fourth-order valence-corrected chi connectivity index (χ4v) is 5.04. The van der Waals surface area contributed by atoms with Gasteiger partial charge in [0.25, 0.3) is 5.91 Å². The maximum absolute atomic E-state index is 13.3. The van der Waals surface area contributed by atoms with Crippen molar-refractivity contribution in [1.29, 1.82) is 0 Å². The van der Waals surface area contributed by atoms with Gasteiger partial charge in [0.05, 0.1) is 28.8 Å². The normalized spacial score (nSPS) is 16.3. The molecule has 3 heterocycles. The van der Waals surface area contributed by atoms with Crippen molar-refractivity contribution in [3.8, 4) is 11.5 Å². The summed E-state index contributed by atoms with van der Waals surface area (Å²) in [5.41, 5.74) is 1.26. The second-order valence-corrected chi connectivity index (χ2v) is 9.07. The number of aliphatic hydroxyl groups excluding tert-OH is 1. The van der Waals surface area contributed by atoms with Gasteiger partial charge in [0.2, 0.25) is 5.78 Å². The maximum Gasteiger partial charge on any atom is 0.296 e. The molecule has 0 aliphatic carbocycles. The Balaban J connectivity index is 1.90. The highest BCUT2D eigenvalue weighted by atomic mass is 32.1. The molecule has 1 aliphatic rings. The summed E-state index contributed by atoms with van der Waals surface area (Å²) < 4.78 is 5.49. The molecule has 4 rings (SSSR count). The lowest BCUT2D eigenvalue weighted by atomic mass is 9.95. The third-order valence-corrected chi connectivity index (χ3v) is 6.96. The topological polar surface area (TPSA) is 100.0 Å². The average Bonchev–Trinajstić information content (AvgIpc) is 3.44. The number of thiazole rings is 1. The predicted molar refractivity (Wildman–Crippen MR) is 119 cm³/mol. The van der Waals surface area contributed by atoms with Crippen LogP contribution in [0.15, 0.2) is 47.0 Å². The summed E-state index contributed by atoms with van der Waals surface area (Å²) in [6.07, 6.45) is 0. The standard InChI is InChI=1S/C22H20N2O5S2/c1-4-29-15-10-13(7-8-14(15)25)18-17(19(26)16-6-5-9-30-16)20(27)21(28)24(18)22-23-11(2)12(3)31-22/h5-10,18,25,27H,4H2,1-3H3/t18-/m1/s1. The van der Waals surface area contributed by atoms with Crippen LogP contribution in [-0.4, -0.2) is 33.5 Å². The predicted octanol–water partition coefficient (Wildman–Crippen LogP) is 4.71. The van der Waals surface area contributed by atoms with Crippen LogP contribution in [0, 0.1) is 13.8 Å². The zero-order chi connectivity index (χ0) is 22.3. The van der Waals surface area contributed by atoms with Gasteiger partial charge in [-0.3, -0.25) is 14.5 Å². The molecule has 31 heavy (non-hydrogen) atoms. The van der Waals surface area contributed by atoms with Crippen molar-refractivity contribution in [3.63, 3.8) is 0 Å². The van der Waals surface area contributed by atoms with Crippen LogP contribution in [0.3, 0.4) is 0 Å². The number of phenolic OH excluding ortho intramolecular Hbond substituents is 1. The van der Waals surface area contributed by atoms with Crippen LogP contribution >= 0.6 is 22.7 Å². The third-order valence-electron chi connectivity index (χ3n) is 5.02. The van der Waals surface area contributed by atoms with Crippen molar-refractivity contribution in [2.75, 3.05) is 11.5 Å². The number of aryl methyl sites for hydroxylation is 2. The van der Waals surface area contributed by atoms with Crippen molar-refractivity contribution < 1.29 is 24.5 Å². The summed E-state index contributed by atoms with van der Waals surface area (Å²) in [6, 6.07) is 7.11. The second-order valence-electron chi connectivity index (χ2n) is 6.94. The van der Waals surface area contributed by atoms with Crippen LogP contribution in [0.5, 0.6) is 11.5 Å². The molecule has 1 amide bonds. The van der Waals surface area contributed by atoms with Gasteiger partial charge in [0, 0.05) is 4.88 Å². The molecule has 0 saturated heterocycles. The Morgan fingerprint density at radius 3 is 2.65 bits per heavy atom. The van der Waals surface area contributed by atoms with Gasteiger partial charge in [0.15, 0.2) is 22.4 Å². The molecule has 0 radical (unpaired) electrons. The van der Waals surface area contributed by atoms with E-state index in [0.717, 1.165) is 10.6 Å². The van der Waals surface area contributed by atoms with Gasteiger partial charge in [-0.1, -0.05) is 12.1 Å². The molecule has 1 aromatic carbocycles. The van der Waals surface area contributed by atoms with Gasteiger partial charge in [-0.05, 0) is 49.9 Å². The number of ketones is 1. The lowest BCUT2D eigenvalue weighted by Crippen LogP contribution is -2.31. The van der Waals surface area contributed by atoms with E-state index < -0.39 is 23.5 Å². The highest BCUT2D eigenvalue weighted by Gasteiger charge is 2.46. The molecule has 2 aromatic heterocycles. The Hall–Kier alpha value is -3.17. The summed E-state index contributed by atoms with van der Waals surface area (Å²) in [5, 5.41) is 23.0. The van der Waals surface area contributed by atoms with Gasteiger partial charge in [-0.2, -0.15) is 0 Å². The number of benzene rings is 1. The first-order chi connectivity index (χ1) is 14.8. The lowest BCUT2D eigenvalue weighted by Gasteiger charge is -2.25. The van der Waals surface area contributed by atoms with E-state index in [9.17, 15) is 19.8 Å². The molecule has 0 bridgehead atoms. The molecule has 0 fully saturated rings. The number of aromatic nitrogens is 1. The molecule has 9 heteroatoms. The van der Waals surface area contributed by atoms with Crippen LogP contribution in [0.2, 0.25) is 0 Å². The number of anilines is 1. The molecule has 2 N–H and O–H groups in total. The van der Waals surface area contributed by atoms with E-state index in [1.54, 1.807) is 36.6 Å². The molecule has 0 saturated carbocycles. The molecule has 0 spiro atoms. The Kier molecular flexibility index (Phi) is 5.55. The van der Waals surface area contributed by atoms with E-state index in [-0.39, 0.29) is 17.1 Å². The summed E-state index contributed by atoms with van der Waals surface area (Å²) in [7, 11) is 0. The summed E-state index contributed by atoms with van der Waals surface area (Å²) in [5.74, 6) is -1.54. The lowest BCUT2D eigenvalue weighted by molar-refractivity contribution is -0.117. The van der Waals surface area contributed by atoms with Gasteiger partial charge in [-0.15, -0.1) is 22.7 Å². The molecule has 160 valence electrons. The minimum absolute atomic E-state index is 0.0221. The number of carbonyl (C=O) groups is 2. The molecule has 1 aliphatic heterocycles. The summed E-state index contributed by atoms with van der Waals surface area (Å²) >= 11 is 2.54. The number of rotatable bonds is 6. The van der Waals surface area contributed by atoms with Crippen molar-refractivity contribution in [2.45, 2.75) is 26.8 Å². The number of carbonyl (C=O) groups excluding carboxylic acids is 2. The van der Waals surface area contributed by atoms with Crippen molar-refractivity contribution in [1.82, 2.24) is 4.98 Å². The number of nitrogens with zero attached hydrogens (tertiary/aromatic N) is 2. The van der Waals surface area contributed by atoms with Crippen LogP contribution in [-0.2, 0) is 4.79 Å². The molecule has 0 unspecified atom stereocenters. The molecule has 1 atom stereocenters. The number of amides is 1. The first-order valence-corrected chi connectivity index (χ1v) is 11.3. The van der Waals surface area contributed by atoms with Crippen molar-refractivity contribution in [3.05, 3.63) is 68.1 Å². The van der Waals surface area contributed by atoms with E-state index in [1.165, 1.54) is 33.6 Å². The van der Waals surface area contributed by atoms with Gasteiger partial charge in [-0.25, -0.2) is 4.98 Å². The number of phenols is 1. The third kappa shape index (κ3) is 3.60. The minimum Gasteiger partial charge on any atom is -0.504 e. The first-order valence-electron chi connectivity index (χ1n) is 9.58. The van der Waals surface area contributed by atoms with Crippen molar-refractivity contribution in [2.24, 2.45) is 0 Å². The Morgan fingerprint density at radius 2 is 2.03 bits per heavy atom. The van der Waals surface area contributed by atoms with E-state index in [0.29, 0.717) is 22.2 Å². The highest BCUT2D eigenvalue weighted by Crippen LogP contribution is 2.45. The van der Waals surface area contributed by atoms with Gasteiger partial charge < -0.3 is 14.9 Å². The smallest absolute Gasteiger partial charge is 0.296 e. The fourth-order valence-electron chi connectivity index (χ4n) is 3.42. The minimum atomic E-state index is -0.910. The SMILES string of the molecule is CCOc1cc([C@@H]2C(C(=O)c3cccs3)=C(O)C(=O)N2c2nc(C)c(C)s2)ccc1O. The fraction of sp³-hybridized carbons (Fsp3) is 0.227. The van der Waals surface area contributed by atoms with Gasteiger partial charge >= 0.3 is 0 Å². The van der Waals surface area contributed by atoms with Crippen LogP contribution in [0.25, 0.3) is 0 Å². The number of hydrogen-bond donors (Lipinski definition) is 2. The largest absolute Gasteiger partial charge is 0.504 e. The number of Topliss-reactive ketones (excluding diaryl/α,β-unsaturated/α-hetero) is 1. The first kappa shape index (κ1) is 21.1. The Labute approximate surface area is 186 Å². The average molecular weight is 457 g/mol. The van der Waals surface area contributed by atoms with Crippen LogP contribution in [0.4, 0.5) is 5.13 Å². The van der Waals surface area contributed by atoms with Crippen molar-refractivity contribution >= 4 is 39.5 Å². The molecule has 7 nitrogen and oxygen atoms in total. The summed E-state index contributed by atoms with van der Waals surface area (Å²) in [4.78, 5) is 33.6. The zero-order valence-corrected chi connectivity index (χ0v) is 18.7. The Bertz CT molecular complexity index is 1180. The Morgan fingerprint density at radius 1 is 1.26 bits per heavy atom. The second kappa shape index (κ2) is 8.16. The number of hydrogen-bond acceptors (Lipinski definition) is 8. The quantitative estimate of drug-likeness (QED) is 0.521. The van der Waals surface area contributed by atoms with E-state index >= 15 is 0 Å². The number of aromatic hydroxyl groups is 1. The number of ether oxygens (including phenoxy) is 1. The highest BCUT2D eigenvalue weighted by molar-refractivity contribution is 7.16. The molecular formula is C22H20N2O5S2. The van der Waals surface area contributed by atoms with E-state index in [2.05, 4.69) is 4.98 Å². The van der Waals surface area contributed by atoms with Gasteiger partial charge in [0.1, 0.15) is 0 Å². The van der Waals surface area contributed by atoms with E-state index in [4.69, 9.17) is 4.74 Å². The number of thiophene rings is 1. The molecule has 3 aromatic rings. The zero-order valence-electron chi connectivity index (χ0n) is 17.1.